The molecule has 0 aliphatic rings. The highest BCUT2D eigenvalue weighted by molar-refractivity contribution is 5.64. The Bertz CT molecular complexity index is 671. The standard InChI is InChI=1S/C15H17N3O4/c1-10-8-13(22-3)14(18(19)20)15(17-10)16-9-11-4-6-12(21-2)7-5-11/h4-8H,9H2,1-3H3,(H,16,17). The van der Waals surface area contributed by atoms with Gasteiger partial charge in [-0.3, -0.25) is 10.1 Å². The van der Waals surface area contributed by atoms with Gasteiger partial charge in [-0.2, -0.15) is 0 Å². The van der Waals surface area contributed by atoms with Gasteiger partial charge in [-0.15, -0.1) is 0 Å². The molecule has 7 heteroatoms. The number of anilines is 1. The smallest absolute Gasteiger partial charge is 0.352 e. The number of nitrogens with zero attached hydrogens (tertiary/aromatic N) is 2. The van der Waals surface area contributed by atoms with Crippen molar-refractivity contribution in [2.24, 2.45) is 0 Å². The van der Waals surface area contributed by atoms with E-state index in [1.54, 1.807) is 14.0 Å². The summed E-state index contributed by atoms with van der Waals surface area (Å²) in [5.74, 6) is 1.14. The highest BCUT2D eigenvalue weighted by Crippen LogP contribution is 2.34. The summed E-state index contributed by atoms with van der Waals surface area (Å²) in [4.78, 5) is 14.9. The van der Waals surface area contributed by atoms with Crippen LogP contribution in [0.15, 0.2) is 30.3 Å². The lowest BCUT2D eigenvalue weighted by Gasteiger charge is -2.10. The van der Waals surface area contributed by atoms with Crippen molar-refractivity contribution < 1.29 is 14.4 Å². The maximum Gasteiger partial charge on any atom is 0.352 e. The van der Waals surface area contributed by atoms with E-state index in [0.29, 0.717) is 12.2 Å². The predicted octanol–water partition coefficient (Wildman–Crippen LogP) is 2.93. The number of aryl methyl sites for hydroxylation is 1. The summed E-state index contributed by atoms with van der Waals surface area (Å²) >= 11 is 0. The third kappa shape index (κ3) is 3.43. The molecule has 22 heavy (non-hydrogen) atoms. The summed E-state index contributed by atoms with van der Waals surface area (Å²) < 4.78 is 10.2. The van der Waals surface area contributed by atoms with Gasteiger partial charge in [-0.25, -0.2) is 4.98 Å². The van der Waals surface area contributed by atoms with Crippen LogP contribution in [0.5, 0.6) is 11.5 Å². The molecule has 0 unspecified atom stereocenters. The first-order valence-corrected chi connectivity index (χ1v) is 6.62. The van der Waals surface area contributed by atoms with Gasteiger partial charge in [0.1, 0.15) is 5.75 Å². The number of nitro groups is 1. The minimum atomic E-state index is -0.498. The summed E-state index contributed by atoms with van der Waals surface area (Å²) in [5, 5.41) is 14.2. The van der Waals surface area contributed by atoms with Crippen LogP contribution in [-0.4, -0.2) is 24.1 Å². The maximum atomic E-state index is 11.2. The zero-order valence-electron chi connectivity index (χ0n) is 12.6. The molecule has 1 heterocycles. The second kappa shape index (κ2) is 6.75. The number of pyridine rings is 1. The van der Waals surface area contributed by atoms with Gasteiger partial charge < -0.3 is 14.8 Å². The van der Waals surface area contributed by atoms with E-state index in [0.717, 1.165) is 11.3 Å². The van der Waals surface area contributed by atoms with E-state index in [-0.39, 0.29) is 17.3 Å². The first-order chi connectivity index (χ1) is 10.5. The fraction of sp³-hybridized carbons (Fsp3) is 0.267. The van der Waals surface area contributed by atoms with Crippen LogP contribution in [0.3, 0.4) is 0 Å². The zero-order chi connectivity index (χ0) is 16.1. The van der Waals surface area contributed by atoms with E-state index in [9.17, 15) is 10.1 Å². The van der Waals surface area contributed by atoms with Gasteiger partial charge in [0.2, 0.25) is 11.6 Å². The molecule has 0 fully saturated rings. The second-order valence-electron chi connectivity index (χ2n) is 4.62. The number of nitrogens with one attached hydrogen (secondary N) is 1. The van der Waals surface area contributed by atoms with Gasteiger partial charge in [0.05, 0.1) is 19.1 Å². The molecule has 0 saturated heterocycles. The van der Waals surface area contributed by atoms with Crippen molar-refractivity contribution in [3.05, 3.63) is 51.7 Å². The number of aromatic nitrogens is 1. The molecule has 7 nitrogen and oxygen atoms in total. The van der Waals surface area contributed by atoms with Crippen LogP contribution < -0.4 is 14.8 Å². The highest BCUT2D eigenvalue weighted by Gasteiger charge is 2.23. The maximum absolute atomic E-state index is 11.2. The van der Waals surface area contributed by atoms with E-state index < -0.39 is 4.92 Å². The molecule has 0 amide bonds. The summed E-state index contributed by atoms with van der Waals surface area (Å²) in [5.41, 5.74) is 1.43. The molecule has 0 bridgehead atoms. The number of methoxy groups -OCH3 is 2. The van der Waals surface area contributed by atoms with Crippen molar-refractivity contribution in [1.82, 2.24) is 4.98 Å². The molecule has 0 saturated carbocycles. The quantitative estimate of drug-likeness (QED) is 0.652. The van der Waals surface area contributed by atoms with Crippen molar-refractivity contribution in [1.29, 1.82) is 0 Å². The van der Waals surface area contributed by atoms with Gasteiger partial charge in [-0.1, -0.05) is 12.1 Å². The Morgan fingerprint density at radius 3 is 2.45 bits per heavy atom. The lowest BCUT2D eigenvalue weighted by atomic mass is 10.2. The molecule has 116 valence electrons. The lowest BCUT2D eigenvalue weighted by molar-refractivity contribution is -0.385. The average molecular weight is 303 g/mol. The Morgan fingerprint density at radius 2 is 1.91 bits per heavy atom. The van der Waals surface area contributed by atoms with Crippen LogP contribution in [0.2, 0.25) is 0 Å². The van der Waals surface area contributed by atoms with E-state index >= 15 is 0 Å². The highest BCUT2D eigenvalue weighted by atomic mass is 16.6. The van der Waals surface area contributed by atoms with Gasteiger partial charge in [0, 0.05) is 18.3 Å². The molecule has 1 aromatic heterocycles. The van der Waals surface area contributed by atoms with Gasteiger partial charge in [-0.05, 0) is 24.6 Å². The molecule has 0 radical (unpaired) electrons. The van der Waals surface area contributed by atoms with E-state index in [1.807, 2.05) is 24.3 Å². The third-order valence-corrected chi connectivity index (χ3v) is 3.11. The number of rotatable bonds is 6. The number of benzene rings is 1. The Kier molecular flexibility index (Phi) is 4.77. The van der Waals surface area contributed by atoms with Crippen molar-refractivity contribution in [2.45, 2.75) is 13.5 Å². The van der Waals surface area contributed by atoms with Crippen molar-refractivity contribution in [3.63, 3.8) is 0 Å². The fourth-order valence-electron chi connectivity index (χ4n) is 2.02. The van der Waals surface area contributed by atoms with Crippen molar-refractivity contribution in [2.75, 3.05) is 19.5 Å². The third-order valence-electron chi connectivity index (χ3n) is 3.11. The van der Waals surface area contributed by atoms with E-state index in [1.165, 1.54) is 13.2 Å². The first-order valence-electron chi connectivity index (χ1n) is 6.62. The molecular formula is C15H17N3O4. The Balaban J connectivity index is 2.24. The van der Waals surface area contributed by atoms with Crippen molar-refractivity contribution >= 4 is 11.5 Å². The second-order valence-corrected chi connectivity index (χ2v) is 4.62. The Hall–Kier alpha value is -2.83. The molecule has 0 aliphatic heterocycles. The fourth-order valence-corrected chi connectivity index (χ4v) is 2.02. The molecule has 2 aromatic rings. The largest absolute Gasteiger partial charge is 0.497 e. The SMILES string of the molecule is COc1ccc(CNc2nc(C)cc(OC)c2[N+](=O)[O-])cc1. The number of ether oxygens (including phenoxy) is 2. The molecule has 1 N–H and O–H groups in total. The molecular weight excluding hydrogens is 286 g/mol. The summed E-state index contributed by atoms with van der Waals surface area (Å²) in [6.45, 7) is 2.16. The topological polar surface area (TPSA) is 86.5 Å². The molecule has 0 aliphatic carbocycles. The van der Waals surface area contributed by atoms with Crippen LogP contribution in [0.4, 0.5) is 11.5 Å². The lowest BCUT2D eigenvalue weighted by Crippen LogP contribution is -2.07. The van der Waals surface area contributed by atoms with Crippen molar-refractivity contribution in [3.8, 4) is 11.5 Å². The van der Waals surface area contributed by atoms with E-state index in [2.05, 4.69) is 10.3 Å². The van der Waals surface area contributed by atoms with Crippen LogP contribution in [0.25, 0.3) is 0 Å². The molecule has 2 rings (SSSR count). The summed E-state index contributed by atoms with van der Waals surface area (Å²) in [6.07, 6.45) is 0. The van der Waals surface area contributed by atoms with Gasteiger partial charge >= 0.3 is 5.69 Å². The zero-order valence-corrected chi connectivity index (χ0v) is 12.6. The minimum Gasteiger partial charge on any atom is -0.497 e. The molecule has 1 aromatic carbocycles. The summed E-state index contributed by atoms with van der Waals surface area (Å²) in [6, 6.07) is 8.96. The first kappa shape index (κ1) is 15.6. The number of hydrogen-bond donors (Lipinski definition) is 1. The summed E-state index contributed by atoms with van der Waals surface area (Å²) in [7, 11) is 2.99. The van der Waals surface area contributed by atoms with Crippen LogP contribution in [-0.2, 0) is 6.54 Å². The van der Waals surface area contributed by atoms with Crippen LogP contribution >= 0.6 is 0 Å². The molecule has 0 spiro atoms. The molecule has 0 atom stereocenters. The normalized spacial score (nSPS) is 10.1. The minimum absolute atomic E-state index is 0.165. The van der Waals surface area contributed by atoms with Gasteiger partial charge in [0.25, 0.3) is 0 Å². The monoisotopic (exact) mass is 303 g/mol. The van der Waals surface area contributed by atoms with Gasteiger partial charge in [0.15, 0.2) is 0 Å². The predicted molar refractivity (Wildman–Crippen MR) is 82.5 cm³/mol. The Labute approximate surface area is 128 Å². The van der Waals surface area contributed by atoms with E-state index in [4.69, 9.17) is 9.47 Å². The Morgan fingerprint density at radius 1 is 1.23 bits per heavy atom. The average Bonchev–Trinajstić information content (AvgIpc) is 2.52. The van der Waals surface area contributed by atoms with Crippen LogP contribution in [0, 0.1) is 17.0 Å². The number of hydrogen-bond acceptors (Lipinski definition) is 6. The van der Waals surface area contributed by atoms with Crippen LogP contribution in [0.1, 0.15) is 11.3 Å².